The summed E-state index contributed by atoms with van der Waals surface area (Å²) in [6.45, 7) is 5.29. The molecule has 10 nitrogen and oxygen atoms in total. The lowest BCUT2D eigenvalue weighted by atomic mass is 10.1. The standard InChI is InChI=1S/C25H21BrN4O6/c1-25(2,3)36-24(32)28-15-27-19-14-18(10-11-20(19)28)35-22-12-9-16(13-21(22)30(33)34)23(31)29(26)17-7-5-4-6-8-17/h4-15H,1-3H3. The number of amides is 1. The summed E-state index contributed by atoms with van der Waals surface area (Å²) in [5.74, 6) is -0.265. The van der Waals surface area contributed by atoms with Crippen molar-refractivity contribution in [3.8, 4) is 11.5 Å². The van der Waals surface area contributed by atoms with Gasteiger partial charge in [-0.2, -0.15) is 0 Å². The number of anilines is 1. The normalized spacial score (nSPS) is 11.2. The maximum Gasteiger partial charge on any atom is 0.420 e. The fourth-order valence-electron chi connectivity index (χ4n) is 3.31. The third-order valence-electron chi connectivity index (χ3n) is 4.90. The molecule has 0 spiro atoms. The van der Waals surface area contributed by atoms with E-state index in [4.69, 9.17) is 9.47 Å². The number of ether oxygens (including phenoxy) is 2. The summed E-state index contributed by atoms with van der Waals surface area (Å²) < 4.78 is 13.6. The highest BCUT2D eigenvalue weighted by molar-refractivity contribution is 9.10. The van der Waals surface area contributed by atoms with Gasteiger partial charge in [-0.1, -0.05) is 18.2 Å². The zero-order valence-electron chi connectivity index (χ0n) is 19.5. The highest BCUT2D eigenvalue weighted by Gasteiger charge is 2.23. The number of benzene rings is 3. The molecule has 0 radical (unpaired) electrons. The molecular weight excluding hydrogens is 532 g/mol. The molecule has 36 heavy (non-hydrogen) atoms. The zero-order chi connectivity index (χ0) is 26.0. The van der Waals surface area contributed by atoms with Crippen LogP contribution in [0.15, 0.2) is 73.1 Å². The summed E-state index contributed by atoms with van der Waals surface area (Å²) in [7, 11) is 0. The Morgan fingerprint density at radius 2 is 1.78 bits per heavy atom. The quantitative estimate of drug-likeness (QED) is 0.158. The van der Waals surface area contributed by atoms with Crippen molar-refractivity contribution in [1.82, 2.24) is 9.55 Å². The predicted molar refractivity (Wildman–Crippen MR) is 137 cm³/mol. The number of hydrogen-bond donors (Lipinski definition) is 0. The van der Waals surface area contributed by atoms with Crippen LogP contribution in [0.5, 0.6) is 11.5 Å². The molecule has 184 valence electrons. The summed E-state index contributed by atoms with van der Waals surface area (Å²) in [5, 5.41) is 11.8. The lowest BCUT2D eigenvalue weighted by Crippen LogP contribution is -2.26. The largest absolute Gasteiger partial charge is 0.450 e. The molecule has 4 rings (SSSR count). The molecule has 3 aromatic carbocycles. The number of hydrogen-bond acceptors (Lipinski definition) is 7. The molecule has 0 atom stereocenters. The van der Waals surface area contributed by atoms with Gasteiger partial charge < -0.3 is 9.47 Å². The highest BCUT2D eigenvalue weighted by Crippen LogP contribution is 2.34. The first-order valence-electron chi connectivity index (χ1n) is 10.8. The Hall–Kier alpha value is -4.25. The van der Waals surface area contributed by atoms with Crippen LogP contribution in [-0.4, -0.2) is 32.1 Å². The molecule has 0 aliphatic carbocycles. The van der Waals surface area contributed by atoms with Gasteiger partial charge in [0.2, 0.25) is 5.75 Å². The van der Waals surface area contributed by atoms with Crippen LogP contribution in [-0.2, 0) is 4.74 Å². The maximum absolute atomic E-state index is 12.8. The molecule has 0 saturated heterocycles. The smallest absolute Gasteiger partial charge is 0.420 e. The Balaban J connectivity index is 1.59. The average molecular weight is 553 g/mol. The Kier molecular flexibility index (Phi) is 6.75. The first-order valence-corrected chi connectivity index (χ1v) is 11.5. The molecule has 1 heterocycles. The lowest BCUT2D eigenvalue weighted by molar-refractivity contribution is -0.385. The molecular formula is C25H21BrN4O6. The van der Waals surface area contributed by atoms with Crippen molar-refractivity contribution in [1.29, 1.82) is 0 Å². The van der Waals surface area contributed by atoms with E-state index in [0.29, 0.717) is 16.7 Å². The van der Waals surface area contributed by atoms with Gasteiger partial charge >= 0.3 is 11.8 Å². The van der Waals surface area contributed by atoms with Crippen LogP contribution < -0.4 is 8.66 Å². The van der Waals surface area contributed by atoms with E-state index < -0.39 is 22.5 Å². The van der Waals surface area contributed by atoms with Gasteiger partial charge in [-0.15, -0.1) is 0 Å². The van der Waals surface area contributed by atoms with E-state index in [0.717, 1.165) is 6.07 Å². The van der Waals surface area contributed by atoms with Crippen molar-refractivity contribution >= 4 is 50.6 Å². The number of para-hydroxylation sites is 1. The zero-order valence-corrected chi connectivity index (χ0v) is 21.1. The molecule has 11 heteroatoms. The van der Waals surface area contributed by atoms with E-state index in [1.165, 1.54) is 27.0 Å². The SMILES string of the molecule is CC(C)(C)OC(=O)n1cnc2cc(Oc3ccc(C(=O)N(Br)c4ccccc4)cc3[N+](=O)[O-])ccc21. The second-order valence-electron chi connectivity index (χ2n) is 8.71. The molecule has 4 aromatic rings. The monoisotopic (exact) mass is 552 g/mol. The number of imidazole rings is 1. The lowest BCUT2D eigenvalue weighted by Gasteiger charge is -2.19. The number of nitro benzene ring substituents is 1. The Morgan fingerprint density at radius 3 is 2.44 bits per heavy atom. The van der Waals surface area contributed by atoms with Gasteiger partial charge in [-0.25, -0.2) is 18.3 Å². The average Bonchev–Trinajstić information content (AvgIpc) is 3.26. The van der Waals surface area contributed by atoms with E-state index in [1.807, 2.05) is 6.07 Å². The molecule has 0 fully saturated rings. The van der Waals surface area contributed by atoms with Crippen LogP contribution in [0, 0.1) is 10.1 Å². The number of fused-ring (bicyclic) bond motifs is 1. The van der Waals surface area contributed by atoms with Gasteiger partial charge in [0.05, 0.1) is 37.8 Å². The van der Waals surface area contributed by atoms with Crippen molar-refractivity contribution < 1.29 is 24.0 Å². The summed E-state index contributed by atoms with van der Waals surface area (Å²) in [4.78, 5) is 40.6. The molecule has 0 bridgehead atoms. The molecule has 0 N–H and O–H groups in total. The number of halogens is 1. The fourth-order valence-corrected chi connectivity index (χ4v) is 3.75. The van der Waals surface area contributed by atoms with Crippen LogP contribution in [0.2, 0.25) is 0 Å². The van der Waals surface area contributed by atoms with Crippen LogP contribution in [0.1, 0.15) is 31.1 Å². The summed E-state index contributed by atoms with van der Waals surface area (Å²) >= 11 is 3.21. The highest BCUT2D eigenvalue weighted by atomic mass is 79.9. The van der Waals surface area contributed by atoms with Crippen molar-refractivity contribution in [2.75, 3.05) is 3.93 Å². The van der Waals surface area contributed by atoms with Crippen LogP contribution in [0.3, 0.4) is 0 Å². The van der Waals surface area contributed by atoms with Crippen molar-refractivity contribution in [3.05, 3.63) is 88.7 Å². The number of carbonyl (C=O) groups is 2. The summed E-state index contributed by atoms with van der Waals surface area (Å²) in [6.07, 6.45) is 0.760. The van der Waals surface area contributed by atoms with Crippen LogP contribution in [0.4, 0.5) is 16.2 Å². The first kappa shape index (κ1) is 24.9. The van der Waals surface area contributed by atoms with Gasteiger partial charge in [0.25, 0.3) is 5.91 Å². The number of nitro groups is 1. The minimum Gasteiger partial charge on any atom is -0.450 e. The topological polar surface area (TPSA) is 117 Å². The van der Waals surface area contributed by atoms with E-state index in [-0.39, 0.29) is 22.7 Å². The molecule has 0 aliphatic rings. The third kappa shape index (κ3) is 5.36. The van der Waals surface area contributed by atoms with E-state index in [9.17, 15) is 19.7 Å². The number of rotatable bonds is 5. The van der Waals surface area contributed by atoms with Crippen molar-refractivity contribution in [2.24, 2.45) is 0 Å². The number of aromatic nitrogens is 2. The van der Waals surface area contributed by atoms with E-state index >= 15 is 0 Å². The Labute approximate surface area is 214 Å². The second-order valence-corrected chi connectivity index (χ2v) is 9.42. The van der Waals surface area contributed by atoms with Gasteiger partial charge in [-0.3, -0.25) is 14.9 Å². The third-order valence-corrected chi connectivity index (χ3v) is 5.63. The number of carbonyl (C=O) groups excluding carboxylic acids is 2. The number of nitrogens with zero attached hydrogens (tertiary/aromatic N) is 4. The molecule has 0 unspecified atom stereocenters. The van der Waals surface area contributed by atoms with Gasteiger partial charge in [0.1, 0.15) is 17.7 Å². The predicted octanol–water partition coefficient (Wildman–Crippen LogP) is 6.48. The molecule has 1 aromatic heterocycles. The second kappa shape index (κ2) is 9.78. The Morgan fingerprint density at radius 1 is 1.06 bits per heavy atom. The van der Waals surface area contributed by atoms with Gasteiger partial charge in [0.15, 0.2) is 0 Å². The van der Waals surface area contributed by atoms with Crippen molar-refractivity contribution in [3.63, 3.8) is 0 Å². The maximum atomic E-state index is 12.8. The van der Waals surface area contributed by atoms with Crippen LogP contribution >= 0.6 is 16.1 Å². The van der Waals surface area contributed by atoms with Crippen LogP contribution in [0.25, 0.3) is 11.0 Å². The molecule has 0 aliphatic heterocycles. The van der Waals surface area contributed by atoms with E-state index in [2.05, 4.69) is 21.1 Å². The van der Waals surface area contributed by atoms with Gasteiger partial charge in [-0.05, 0) is 57.2 Å². The fraction of sp³-hybridized carbons (Fsp3) is 0.160. The molecule has 0 saturated carbocycles. The minimum atomic E-state index is -0.670. The van der Waals surface area contributed by atoms with Gasteiger partial charge in [0, 0.05) is 17.7 Å². The van der Waals surface area contributed by atoms with Crippen molar-refractivity contribution in [2.45, 2.75) is 26.4 Å². The Bertz CT molecular complexity index is 1460. The minimum absolute atomic E-state index is 0.0525. The molecule has 1 amide bonds. The van der Waals surface area contributed by atoms with E-state index in [1.54, 1.807) is 63.2 Å². The first-order chi connectivity index (χ1) is 17.0. The summed E-state index contributed by atoms with van der Waals surface area (Å²) in [5.41, 5.74) is 0.548. The summed E-state index contributed by atoms with van der Waals surface area (Å²) in [6, 6.07) is 17.5.